The third-order valence-electron chi connectivity index (χ3n) is 10.6. The summed E-state index contributed by atoms with van der Waals surface area (Å²) in [6, 6.07) is 48.9. The predicted octanol–water partition coefficient (Wildman–Crippen LogP) is 12.0. The van der Waals surface area contributed by atoms with Gasteiger partial charge in [0.2, 0.25) is 0 Å². The smallest absolute Gasteiger partial charge is 0.399 e. The summed E-state index contributed by atoms with van der Waals surface area (Å²) < 4.78 is 12.7. The van der Waals surface area contributed by atoms with Gasteiger partial charge in [-0.1, -0.05) is 146 Å². The molecule has 0 N–H and O–H groups in total. The molecule has 2 nitrogen and oxygen atoms in total. The Balaban J connectivity index is 1.31. The first kappa shape index (κ1) is 32.0. The van der Waals surface area contributed by atoms with E-state index in [-0.39, 0.29) is 18.3 Å². The fraction of sp³-hybridized carbons (Fsp3) is 0.149. The third kappa shape index (κ3) is 5.67. The first-order valence-electron chi connectivity index (χ1n) is 17.6. The molecule has 3 heteroatoms. The van der Waals surface area contributed by atoms with E-state index in [1.54, 1.807) is 0 Å². The summed E-state index contributed by atoms with van der Waals surface area (Å²) in [6.45, 7) is 10.4. The number of hydrogen-bond acceptors (Lipinski definition) is 2. The lowest BCUT2D eigenvalue weighted by Crippen LogP contribution is -2.41. The van der Waals surface area contributed by atoms with Crippen LogP contribution in [0, 0.1) is 0 Å². The van der Waals surface area contributed by atoms with Crippen LogP contribution in [-0.4, -0.2) is 18.3 Å². The molecule has 0 aromatic heterocycles. The second-order valence-corrected chi connectivity index (χ2v) is 14.3. The zero-order chi connectivity index (χ0) is 34.5. The van der Waals surface area contributed by atoms with Crippen molar-refractivity contribution in [1.29, 1.82) is 0 Å². The highest BCUT2D eigenvalue weighted by molar-refractivity contribution is 6.62. The summed E-state index contributed by atoms with van der Waals surface area (Å²) >= 11 is 0. The normalized spacial score (nSPS) is 15.7. The van der Waals surface area contributed by atoms with Crippen molar-refractivity contribution in [2.75, 3.05) is 0 Å². The average Bonchev–Trinajstić information content (AvgIpc) is 3.36. The van der Waals surface area contributed by atoms with E-state index in [9.17, 15) is 0 Å². The molecule has 0 unspecified atom stereocenters. The van der Waals surface area contributed by atoms with Crippen LogP contribution in [-0.2, 0) is 9.31 Å². The molecule has 1 saturated heterocycles. The van der Waals surface area contributed by atoms with E-state index < -0.39 is 0 Å². The van der Waals surface area contributed by atoms with E-state index in [0.29, 0.717) is 0 Å². The molecule has 0 spiro atoms. The van der Waals surface area contributed by atoms with Crippen LogP contribution in [0.4, 0.5) is 0 Å². The topological polar surface area (TPSA) is 18.5 Å². The first-order valence-corrected chi connectivity index (χ1v) is 17.6. The van der Waals surface area contributed by atoms with Crippen molar-refractivity contribution in [2.24, 2.45) is 0 Å². The highest BCUT2D eigenvalue weighted by Gasteiger charge is 2.51. The Hall–Kier alpha value is -5.22. The summed E-state index contributed by atoms with van der Waals surface area (Å²) in [4.78, 5) is 0. The Bertz CT molecular complexity index is 2420. The predicted molar refractivity (Wildman–Crippen MR) is 215 cm³/mol. The maximum absolute atomic E-state index is 6.35. The number of hydrogen-bond donors (Lipinski definition) is 0. The summed E-state index contributed by atoms with van der Waals surface area (Å²) in [5.74, 6) is 0. The van der Waals surface area contributed by atoms with Crippen LogP contribution < -0.4 is 5.46 Å². The summed E-state index contributed by atoms with van der Waals surface area (Å²) in [7, 11) is -0.385. The van der Waals surface area contributed by atoms with E-state index >= 15 is 0 Å². The Morgan fingerprint density at radius 3 is 1.72 bits per heavy atom. The quantitative estimate of drug-likeness (QED) is 0.101. The van der Waals surface area contributed by atoms with Gasteiger partial charge in [0, 0.05) is 0 Å². The number of rotatable bonds is 6. The van der Waals surface area contributed by atoms with Gasteiger partial charge in [-0.3, -0.25) is 0 Å². The Labute approximate surface area is 295 Å². The van der Waals surface area contributed by atoms with Gasteiger partial charge in [-0.15, -0.1) is 0 Å². The lowest BCUT2D eigenvalue weighted by Gasteiger charge is -2.32. The molecular formula is C47H41BO2. The minimum Gasteiger partial charge on any atom is -0.399 e. The molecule has 244 valence electrons. The highest BCUT2D eigenvalue weighted by atomic mass is 16.7. The lowest BCUT2D eigenvalue weighted by molar-refractivity contribution is 0.00578. The van der Waals surface area contributed by atoms with Gasteiger partial charge >= 0.3 is 7.12 Å². The first-order chi connectivity index (χ1) is 24.2. The van der Waals surface area contributed by atoms with E-state index in [2.05, 4.69) is 179 Å². The van der Waals surface area contributed by atoms with Crippen molar-refractivity contribution >= 4 is 51.0 Å². The van der Waals surface area contributed by atoms with Crippen LogP contribution >= 0.6 is 0 Å². The Kier molecular flexibility index (Phi) is 8.06. The molecule has 0 aliphatic carbocycles. The van der Waals surface area contributed by atoms with E-state index in [1.807, 2.05) is 13.0 Å². The van der Waals surface area contributed by atoms with Crippen molar-refractivity contribution in [3.05, 3.63) is 157 Å². The number of fused-ring (bicyclic) bond motifs is 3. The standard InChI is InChI=1S/C47H41BO2/c1-6-7-8-13-32-18-20-35(21-19-32)44-40-16-11-12-17-41(40)45(38-23-22-33-14-9-10-15-36(33)30-38)42-29-26-37(31-43(42)44)34-24-27-39(28-25-34)48-49-46(2,3)47(4,5)50-48/h6-31H,1-5H3/b7-6-,13-8-. The summed E-state index contributed by atoms with van der Waals surface area (Å²) in [6.07, 6.45) is 8.34. The van der Waals surface area contributed by atoms with Crippen LogP contribution in [0.15, 0.2) is 152 Å². The van der Waals surface area contributed by atoms with Crippen LogP contribution in [0.25, 0.3) is 71.8 Å². The molecule has 0 amide bonds. The van der Waals surface area contributed by atoms with Gasteiger partial charge in [0.05, 0.1) is 11.2 Å². The molecule has 1 aliphatic heterocycles. The molecule has 8 rings (SSSR count). The van der Waals surface area contributed by atoms with Crippen molar-refractivity contribution in [3.63, 3.8) is 0 Å². The van der Waals surface area contributed by atoms with E-state index in [4.69, 9.17) is 9.31 Å². The van der Waals surface area contributed by atoms with E-state index in [1.165, 1.54) is 65.7 Å². The van der Waals surface area contributed by atoms with Crippen LogP contribution in [0.2, 0.25) is 0 Å². The second-order valence-electron chi connectivity index (χ2n) is 14.3. The molecule has 7 aromatic rings. The molecule has 1 heterocycles. The van der Waals surface area contributed by atoms with Gasteiger partial charge < -0.3 is 9.31 Å². The molecule has 50 heavy (non-hydrogen) atoms. The zero-order valence-corrected chi connectivity index (χ0v) is 29.4. The molecule has 1 aliphatic rings. The molecule has 0 radical (unpaired) electrons. The fourth-order valence-corrected chi connectivity index (χ4v) is 7.18. The van der Waals surface area contributed by atoms with E-state index in [0.717, 1.165) is 11.0 Å². The molecular weight excluding hydrogens is 607 g/mol. The minimum absolute atomic E-state index is 0.377. The fourth-order valence-electron chi connectivity index (χ4n) is 7.18. The van der Waals surface area contributed by atoms with Gasteiger partial charge in [0.25, 0.3) is 0 Å². The molecule has 0 saturated carbocycles. The molecule has 1 fully saturated rings. The van der Waals surface area contributed by atoms with Crippen molar-refractivity contribution < 1.29 is 9.31 Å². The SMILES string of the molecule is C/C=C\C=C/c1ccc(-c2c3ccccc3c(-c3ccc4ccccc4c3)c3ccc(-c4ccc(B5OC(C)(C)C(C)(C)O5)cc4)cc23)cc1. The average molecular weight is 649 g/mol. The van der Waals surface area contributed by atoms with Crippen LogP contribution in [0.3, 0.4) is 0 Å². The van der Waals surface area contributed by atoms with Crippen molar-refractivity contribution in [2.45, 2.75) is 45.8 Å². The van der Waals surface area contributed by atoms with Crippen molar-refractivity contribution in [1.82, 2.24) is 0 Å². The summed E-state index contributed by atoms with van der Waals surface area (Å²) in [5, 5.41) is 7.46. The summed E-state index contributed by atoms with van der Waals surface area (Å²) in [5.41, 5.74) is 8.72. The molecule has 0 bridgehead atoms. The molecule has 0 atom stereocenters. The van der Waals surface area contributed by atoms with Gasteiger partial charge in [-0.05, 0) is 123 Å². The second kappa shape index (κ2) is 12.6. The van der Waals surface area contributed by atoms with Crippen LogP contribution in [0.5, 0.6) is 0 Å². The van der Waals surface area contributed by atoms with Crippen LogP contribution in [0.1, 0.15) is 40.2 Å². The zero-order valence-electron chi connectivity index (χ0n) is 29.4. The minimum atomic E-state index is -0.385. The lowest BCUT2D eigenvalue weighted by atomic mass is 9.78. The number of benzene rings is 7. The van der Waals surface area contributed by atoms with Gasteiger partial charge in [-0.2, -0.15) is 0 Å². The number of allylic oxidation sites excluding steroid dienone is 3. The monoisotopic (exact) mass is 648 g/mol. The maximum Gasteiger partial charge on any atom is 0.494 e. The third-order valence-corrected chi connectivity index (χ3v) is 10.6. The highest BCUT2D eigenvalue weighted by Crippen LogP contribution is 2.45. The Morgan fingerprint density at radius 1 is 0.480 bits per heavy atom. The maximum atomic E-state index is 6.35. The van der Waals surface area contributed by atoms with Gasteiger partial charge in [-0.25, -0.2) is 0 Å². The molecule has 7 aromatic carbocycles. The van der Waals surface area contributed by atoms with Crippen molar-refractivity contribution in [3.8, 4) is 33.4 Å². The Morgan fingerprint density at radius 2 is 1.04 bits per heavy atom. The van der Waals surface area contributed by atoms with Gasteiger partial charge in [0.15, 0.2) is 0 Å². The largest absolute Gasteiger partial charge is 0.494 e. The van der Waals surface area contributed by atoms with Gasteiger partial charge in [0.1, 0.15) is 0 Å².